The van der Waals surface area contributed by atoms with Crippen LogP contribution in [0.1, 0.15) is 16.4 Å². The number of ether oxygens (including phenoxy) is 3. The van der Waals surface area contributed by atoms with Crippen molar-refractivity contribution in [1.29, 1.82) is 0 Å². The molecule has 27 heavy (non-hydrogen) atoms. The van der Waals surface area contributed by atoms with Crippen LogP contribution in [0.25, 0.3) is 0 Å². The number of hydrogen-bond donors (Lipinski definition) is 0. The first-order chi connectivity index (χ1) is 13.3. The highest BCUT2D eigenvalue weighted by molar-refractivity contribution is 8.00. The van der Waals surface area contributed by atoms with E-state index in [4.69, 9.17) is 14.2 Å². The molecule has 0 saturated carbocycles. The number of thioether (sulfide) groups is 1. The van der Waals surface area contributed by atoms with E-state index in [9.17, 15) is 4.79 Å². The second-order valence-corrected chi connectivity index (χ2v) is 7.09. The van der Waals surface area contributed by atoms with Gasteiger partial charge in [-0.3, -0.25) is 4.79 Å². The first-order valence-electron chi connectivity index (χ1n) is 8.61. The van der Waals surface area contributed by atoms with Crippen molar-refractivity contribution in [1.82, 2.24) is 0 Å². The highest BCUT2D eigenvalue weighted by Crippen LogP contribution is 2.37. The third-order valence-corrected chi connectivity index (χ3v) is 5.43. The van der Waals surface area contributed by atoms with Crippen molar-refractivity contribution in [3.63, 3.8) is 0 Å². The SMILES string of the molecule is O=C(CSC(c1ccccc1)c1ccccc1)Oc1ccc2c(c1)OCO2. The van der Waals surface area contributed by atoms with Crippen LogP contribution in [0.15, 0.2) is 78.9 Å². The fourth-order valence-corrected chi connectivity index (χ4v) is 3.95. The van der Waals surface area contributed by atoms with E-state index in [1.807, 2.05) is 36.4 Å². The molecule has 0 bridgehead atoms. The molecule has 3 aromatic carbocycles. The number of fused-ring (bicyclic) bond motifs is 1. The van der Waals surface area contributed by atoms with Crippen LogP contribution in [0.4, 0.5) is 0 Å². The minimum absolute atomic E-state index is 0.0664. The number of esters is 1. The monoisotopic (exact) mass is 378 g/mol. The molecule has 1 aliphatic rings. The normalized spacial score (nSPS) is 12.2. The van der Waals surface area contributed by atoms with Crippen molar-refractivity contribution in [2.45, 2.75) is 5.25 Å². The summed E-state index contributed by atoms with van der Waals surface area (Å²) >= 11 is 1.55. The van der Waals surface area contributed by atoms with Crippen molar-refractivity contribution >= 4 is 17.7 Å². The average Bonchev–Trinajstić information content (AvgIpc) is 3.18. The standard InChI is InChI=1S/C22H18O4S/c23-21(26-18-11-12-19-20(13-18)25-15-24-19)14-27-22(16-7-3-1-4-8-16)17-9-5-2-6-10-17/h1-13,22H,14-15H2. The fraction of sp³-hybridized carbons (Fsp3) is 0.136. The average molecular weight is 378 g/mol. The third kappa shape index (κ3) is 4.26. The molecule has 0 saturated heterocycles. The zero-order valence-electron chi connectivity index (χ0n) is 14.5. The second-order valence-electron chi connectivity index (χ2n) is 6.00. The van der Waals surface area contributed by atoms with Gasteiger partial charge in [-0.2, -0.15) is 0 Å². The predicted octanol–water partition coefficient (Wildman–Crippen LogP) is 4.84. The molecular weight excluding hydrogens is 360 g/mol. The molecule has 5 heteroatoms. The summed E-state index contributed by atoms with van der Waals surface area (Å²) in [6.45, 7) is 0.193. The molecule has 4 nitrogen and oxygen atoms in total. The molecule has 0 unspecified atom stereocenters. The van der Waals surface area contributed by atoms with Crippen molar-refractivity contribution in [2.75, 3.05) is 12.5 Å². The van der Waals surface area contributed by atoms with E-state index in [1.165, 1.54) is 0 Å². The number of carbonyl (C=O) groups is 1. The summed E-state index contributed by atoms with van der Waals surface area (Å²) in [6, 6.07) is 25.5. The van der Waals surface area contributed by atoms with Gasteiger partial charge in [0, 0.05) is 6.07 Å². The predicted molar refractivity (Wildman–Crippen MR) is 105 cm³/mol. The maximum absolute atomic E-state index is 12.4. The van der Waals surface area contributed by atoms with Crippen LogP contribution in [0.5, 0.6) is 17.2 Å². The molecule has 0 amide bonds. The van der Waals surface area contributed by atoms with Gasteiger partial charge in [0.2, 0.25) is 6.79 Å². The van der Waals surface area contributed by atoms with Crippen LogP contribution in [0.3, 0.4) is 0 Å². The van der Waals surface area contributed by atoms with E-state index < -0.39 is 0 Å². The van der Waals surface area contributed by atoms with Crippen molar-refractivity contribution in [3.05, 3.63) is 90.0 Å². The van der Waals surface area contributed by atoms with Crippen molar-refractivity contribution in [3.8, 4) is 17.2 Å². The molecule has 0 spiro atoms. The van der Waals surface area contributed by atoms with Gasteiger partial charge in [0.15, 0.2) is 11.5 Å². The summed E-state index contributed by atoms with van der Waals surface area (Å²) in [6.07, 6.45) is 0. The van der Waals surface area contributed by atoms with Gasteiger partial charge in [-0.05, 0) is 23.3 Å². The Morgan fingerprint density at radius 3 is 2.19 bits per heavy atom. The quantitative estimate of drug-likeness (QED) is 0.453. The molecule has 3 aromatic rings. The van der Waals surface area contributed by atoms with E-state index >= 15 is 0 Å². The Morgan fingerprint density at radius 1 is 0.889 bits per heavy atom. The molecule has 0 radical (unpaired) electrons. The molecule has 1 heterocycles. The van der Waals surface area contributed by atoms with Crippen molar-refractivity contribution in [2.24, 2.45) is 0 Å². The molecule has 136 valence electrons. The number of hydrogen-bond acceptors (Lipinski definition) is 5. The van der Waals surface area contributed by atoms with Gasteiger partial charge in [0.05, 0.1) is 11.0 Å². The van der Waals surface area contributed by atoms with Gasteiger partial charge in [0.25, 0.3) is 0 Å². The topological polar surface area (TPSA) is 44.8 Å². The molecule has 0 aromatic heterocycles. The van der Waals surface area contributed by atoms with Crippen LogP contribution in [-0.2, 0) is 4.79 Å². The number of benzene rings is 3. The van der Waals surface area contributed by atoms with Gasteiger partial charge in [-0.15, -0.1) is 11.8 Å². The fourth-order valence-electron chi connectivity index (χ4n) is 2.89. The van der Waals surface area contributed by atoms with Crippen LogP contribution >= 0.6 is 11.8 Å². The number of rotatable bonds is 6. The molecule has 0 atom stereocenters. The Bertz CT molecular complexity index is 873. The van der Waals surface area contributed by atoms with Crippen LogP contribution in [-0.4, -0.2) is 18.5 Å². The van der Waals surface area contributed by atoms with Gasteiger partial charge in [-0.25, -0.2) is 0 Å². The van der Waals surface area contributed by atoms with E-state index in [0.717, 1.165) is 11.1 Å². The van der Waals surface area contributed by atoms with Gasteiger partial charge < -0.3 is 14.2 Å². The highest BCUT2D eigenvalue weighted by Gasteiger charge is 2.18. The van der Waals surface area contributed by atoms with Crippen molar-refractivity contribution < 1.29 is 19.0 Å². The van der Waals surface area contributed by atoms with Gasteiger partial charge in [-0.1, -0.05) is 60.7 Å². The zero-order chi connectivity index (χ0) is 18.5. The lowest BCUT2D eigenvalue weighted by Gasteiger charge is -2.17. The Balaban J connectivity index is 1.44. The van der Waals surface area contributed by atoms with Crippen LogP contribution in [0.2, 0.25) is 0 Å². The molecule has 4 rings (SSSR count). The van der Waals surface area contributed by atoms with Crippen LogP contribution in [0, 0.1) is 0 Å². The highest BCUT2D eigenvalue weighted by atomic mass is 32.2. The van der Waals surface area contributed by atoms with Gasteiger partial charge in [0.1, 0.15) is 5.75 Å². The Morgan fingerprint density at radius 2 is 1.52 bits per heavy atom. The summed E-state index contributed by atoms with van der Waals surface area (Å²) in [5, 5.41) is 0.0664. The summed E-state index contributed by atoms with van der Waals surface area (Å²) in [4.78, 5) is 12.4. The van der Waals surface area contributed by atoms with Crippen LogP contribution < -0.4 is 14.2 Å². The smallest absolute Gasteiger partial charge is 0.321 e. The van der Waals surface area contributed by atoms with E-state index in [-0.39, 0.29) is 23.8 Å². The summed E-state index contributed by atoms with van der Waals surface area (Å²) in [7, 11) is 0. The maximum atomic E-state index is 12.4. The molecule has 0 fully saturated rings. The summed E-state index contributed by atoms with van der Waals surface area (Å²) < 4.78 is 16.1. The van der Waals surface area contributed by atoms with E-state index in [1.54, 1.807) is 30.0 Å². The summed E-state index contributed by atoms with van der Waals surface area (Å²) in [5.41, 5.74) is 2.31. The zero-order valence-corrected chi connectivity index (χ0v) is 15.4. The third-order valence-electron chi connectivity index (χ3n) is 4.15. The largest absolute Gasteiger partial charge is 0.454 e. The lowest BCUT2D eigenvalue weighted by atomic mass is 10.0. The molecule has 0 aliphatic carbocycles. The Hall–Kier alpha value is -2.92. The minimum atomic E-state index is -0.296. The lowest BCUT2D eigenvalue weighted by molar-refractivity contribution is -0.131. The van der Waals surface area contributed by atoms with E-state index in [2.05, 4.69) is 24.3 Å². The van der Waals surface area contributed by atoms with E-state index in [0.29, 0.717) is 17.2 Å². The summed E-state index contributed by atoms with van der Waals surface area (Å²) in [5.74, 6) is 1.66. The Kier molecular flexibility index (Phi) is 5.30. The molecule has 0 N–H and O–H groups in total. The first kappa shape index (κ1) is 17.5. The first-order valence-corrected chi connectivity index (χ1v) is 9.66. The molecular formula is C22H18O4S. The molecule has 1 aliphatic heterocycles. The lowest BCUT2D eigenvalue weighted by Crippen LogP contribution is -2.12. The second kappa shape index (κ2) is 8.18. The van der Waals surface area contributed by atoms with Gasteiger partial charge >= 0.3 is 5.97 Å². The minimum Gasteiger partial charge on any atom is -0.454 e. The Labute approximate surface area is 162 Å². The maximum Gasteiger partial charge on any atom is 0.321 e. The number of carbonyl (C=O) groups excluding carboxylic acids is 1.